The molecule has 0 aromatic heterocycles. The molecular weight excluding hydrogens is 408 g/mol. The van der Waals surface area contributed by atoms with Gasteiger partial charge >= 0.3 is 0 Å². The molecule has 1 aliphatic heterocycles. The first-order chi connectivity index (χ1) is 14.9. The molecule has 0 fully saturated rings. The van der Waals surface area contributed by atoms with E-state index >= 15 is 0 Å². The molecule has 1 N–H and O–H groups in total. The molecule has 5 nitrogen and oxygen atoms in total. The van der Waals surface area contributed by atoms with Gasteiger partial charge in [0.1, 0.15) is 6.54 Å². The van der Waals surface area contributed by atoms with Crippen LogP contribution in [-0.2, 0) is 14.8 Å². The van der Waals surface area contributed by atoms with E-state index in [1.54, 1.807) is 12.1 Å². The summed E-state index contributed by atoms with van der Waals surface area (Å²) in [4.78, 5) is 13.0. The van der Waals surface area contributed by atoms with Crippen molar-refractivity contribution < 1.29 is 13.2 Å². The molecule has 31 heavy (non-hydrogen) atoms. The van der Waals surface area contributed by atoms with Crippen LogP contribution in [0.25, 0.3) is 11.1 Å². The molecule has 0 saturated heterocycles. The van der Waals surface area contributed by atoms with Crippen LogP contribution >= 0.6 is 0 Å². The van der Waals surface area contributed by atoms with Crippen molar-refractivity contribution in [3.8, 4) is 11.1 Å². The summed E-state index contributed by atoms with van der Waals surface area (Å²) >= 11 is 0. The van der Waals surface area contributed by atoms with Crippen molar-refractivity contribution in [3.63, 3.8) is 0 Å². The van der Waals surface area contributed by atoms with Gasteiger partial charge in [-0.25, -0.2) is 8.42 Å². The molecule has 6 heteroatoms. The second-order valence-electron chi connectivity index (χ2n) is 8.65. The van der Waals surface area contributed by atoms with Crippen LogP contribution in [0.1, 0.15) is 57.4 Å². The van der Waals surface area contributed by atoms with Crippen molar-refractivity contribution >= 4 is 21.6 Å². The van der Waals surface area contributed by atoms with Gasteiger partial charge < -0.3 is 5.32 Å². The summed E-state index contributed by atoms with van der Waals surface area (Å²) in [6, 6.07) is 12.9. The average molecular weight is 439 g/mol. The molecule has 0 saturated carbocycles. The van der Waals surface area contributed by atoms with Crippen molar-refractivity contribution in [2.75, 3.05) is 17.4 Å². The third-order valence-electron chi connectivity index (χ3n) is 6.14. The molecule has 4 rings (SSSR count). The fraction of sp³-hybridized carbons (Fsp3) is 0.400. The lowest BCUT2D eigenvalue weighted by Gasteiger charge is -2.32. The van der Waals surface area contributed by atoms with E-state index in [0.29, 0.717) is 23.7 Å². The van der Waals surface area contributed by atoms with Gasteiger partial charge in [0.15, 0.2) is 0 Å². The summed E-state index contributed by atoms with van der Waals surface area (Å²) in [6.45, 7) is 4.54. The van der Waals surface area contributed by atoms with E-state index in [-0.39, 0.29) is 17.3 Å². The monoisotopic (exact) mass is 438 g/mol. The molecule has 0 unspecified atom stereocenters. The molecule has 2 aromatic carbocycles. The van der Waals surface area contributed by atoms with Gasteiger partial charge in [-0.1, -0.05) is 49.8 Å². The molecular formula is C25H30N2O3S. The number of nitrogens with zero attached hydrogens (tertiary/aromatic N) is 1. The Morgan fingerprint density at radius 3 is 2.65 bits per heavy atom. The number of allylic oxidation sites excluding steroid dienone is 1. The Morgan fingerprint density at radius 1 is 1.10 bits per heavy atom. The SMILES string of the molecule is CC(C)c1ccc2c(c1)-c1ccccc1S(=O)(=O)N2CC(=O)NCCC1=CCCCC1. The van der Waals surface area contributed by atoms with Gasteiger partial charge in [0.2, 0.25) is 5.91 Å². The summed E-state index contributed by atoms with van der Waals surface area (Å²) in [6.07, 6.45) is 7.75. The van der Waals surface area contributed by atoms with E-state index < -0.39 is 10.0 Å². The fourth-order valence-electron chi connectivity index (χ4n) is 4.36. The molecule has 2 aliphatic rings. The number of carbonyl (C=O) groups excluding carboxylic acids is 1. The van der Waals surface area contributed by atoms with Crippen molar-refractivity contribution in [1.29, 1.82) is 0 Å². The minimum Gasteiger partial charge on any atom is -0.354 e. The Kier molecular flexibility index (Phi) is 6.19. The lowest BCUT2D eigenvalue weighted by molar-refractivity contribution is -0.119. The topological polar surface area (TPSA) is 66.5 Å². The smallest absolute Gasteiger partial charge is 0.265 e. The Balaban J connectivity index is 1.59. The number of rotatable bonds is 6. The first-order valence-electron chi connectivity index (χ1n) is 11.1. The van der Waals surface area contributed by atoms with E-state index in [0.717, 1.165) is 30.4 Å². The maximum absolute atomic E-state index is 13.4. The van der Waals surface area contributed by atoms with Gasteiger partial charge in [-0.3, -0.25) is 9.10 Å². The Hall–Kier alpha value is -2.60. The number of benzene rings is 2. The van der Waals surface area contributed by atoms with Crippen LogP contribution in [0.15, 0.2) is 59.0 Å². The highest BCUT2D eigenvalue weighted by atomic mass is 32.2. The molecule has 0 bridgehead atoms. The van der Waals surface area contributed by atoms with Gasteiger partial charge in [0.25, 0.3) is 10.0 Å². The predicted molar refractivity (Wildman–Crippen MR) is 125 cm³/mol. The van der Waals surface area contributed by atoms with Crippen molar-refractivity contribution in [3.05, 3.63) is 59.7 Å². The van der Waals surface area contributed by atoms with Crippen molar-refractivity contribution in [2.24, 2.45) is 0 Å². The van der Waals surface area contributed by atoms with Crippen LogP contribution in [0.4, 0.5) is 5.69 Å². The number of carbonyl (C=O) groups is 1. The van der Waals surface area contributed by atoms with Crippen molar-refractivity contribution in [1.82, 2.24) is 5.32 Å². The fourth-order valence-corrected chi connectivity index (χ4v) is 6.01. The number of hydrogen-bond acceptors (Lipinski definition) is 3. The lowest BCUT2D eigenvalue weighted by Crippen LogP contribution is -2.42. The first-order valence-corrected chi connectivity index (χ1v) is 12.5. The normalized spacial score (nSPS) is 17.0. The largest absolute Gasteiger partial charge is 0.354 e. The summed E-state index contributed by atoms with van der Waals surface area (Å²) in [5, 5.41) is 2.91. The number of nitrogens with one attached hydrogen (secondary N) is 1. The highest BCUT2D eigenvalue weighted by molar-refractivity contribution is 7.93. The quantitative estimate of drug-likeness (QED) is 0.646. The van der Waals surface area contributed by atoms with Gasteiger partial charge in [-0.05, 0) is 61.8 Å². The van der Waals surface area contributed by atoms with E-state index in [4.69, 9.17) is 0 Å². The zero-order valence-electron chi connectivity index (χ0n) is 18.2. The number of hydrogen-bond donors (Lipinski definition) is 1. The van der Waals surface area contributed by atoms with E-state index in [1.807, 2.05) is 30.3 Å². The van der Waals surface area contributed by atoms with Crippen LogP contribution in [0.5, 0.6) is 0 Å². The molecule has 0 spiro atoms. The molecule has 1 heterocycles. The van der Waals surface area contributed by atoms with Crippen LogP contribution in [0.3, 0.4) is 0 Å². The maximum Gasteiger partial charge on any atom is 0.265 e. The van der Waals surface area contributed by atoms with Crippen LogP contribution in [-0.4, -0.2) is 27.4 Å². The Morgan fingerprint density at radius 2 is 1.90 bits per heavy atom. The van der Waals surface area contributed by atoms with Crippen molar-refractivity contribution in [2.45, 2.75) is 56.8 Å². The second-order valence-corrected chi connectivity index (χ2v) is 10.5. The number of sulfonamides is 1. The summed E-state index contributed by atoms with van der Waals surface area (Å²) in [5.41, 5.74) is 4.64. The highest BCUT2D eigenvalue weighted by Crippen LogP contribution is 2.43. The first kappa shape index (κ1) is 21.6. The summed E-state index contributed by atoms with van der Waals surface area (Å²) in [5.74, 6) is 0.0417. The van der Waals surface area contributed by atoms with Gasteiger partial charge in [0, 0.05) is 17.7 Å². The Bertz CT molecular complexity index is 1120. The third-order valence-corrected chi connectivity index (χ3v) is 7.96. The minimum atomic E-state index is -3.81. The molecule has 2 aromatic rings. The van der Waals surface area contributed by atoms with Crippen LogP contribution in [0.2, 0.25) is 0 Å². The summed E-state index contributed by atoms with van der Waals surface area (Å²) < 4.78 is 28.0. The van der Waals surface area contributed by atoms with E-state index in [1.165, 1.54) is 22.7 Å². The molecule has 0 radical (unpaired) electrons. The van der Waals surface area contributed by atoms with Gasteiger partial charge in [-0.15, -0.1) is 0 Å². The molecule has 164 valence electrons. The number of fused-ring (bicyclic) bond motifs is 3. The molecule has 1 amide bonds. The zero-order valence-corrected chi connectivity index (χ0v) is 19.0. The highest BCUT2D eigenvalue weighted by Gasteiger charge is 2.36. The summed E-state index contributed by atoms with van der Waals surface area (Å²) in [7, 11) is -3.81. The van der Waals surface area contributed by atoms with Crippen LogP contribution in [0, 0.1) is 0 Å². The second kappa shape index (κ2) is 8.87. The molecule has 0 atom stereocenters. The van der Waals surface area contributed by atoms with Gasteiger partial charge in [-0.2, -0.15) is 0 Å². The minimum absolute atomic E-state index is 0.219. The molecule has 1 aliphatic carbocycles. The standard InChI is InChI=1S/C25H30N2O3S/c1-18(2)20-12-13-23-22(16-20)21-10-6-7-11-24(21)31(29,30)27(23)17-25(28)26-15-14-19-8-4-3-5-9-19/h6-8,10-13,16,18H,3-5,9,14-15,17H2,1-2H3,(H,26,28). The lowest BCUT2D eigenvalue weighted by atomic mass is 9.95. The van der Waals surface area contributed by atoms with Gasteiger partial charge in [0.05, 0.1) is 10.6 Å². The average Bonchev–Trinajstić information content (AvgIpc) is 2.77. The zero-order chi connectivity index (χ0) is 22.0. The van der Waals surface area contributed by atoms with E-state index in [9.17, 15) is 13.2 Å². The Labute approximate surface area is 185 Å². The maximum atomic E-state index is 13.4. The number of anilines is 1. The van der Waals surface area contributed by atoms with Crippen LogP contribution < -0.4 is 9.62 Å². The third kappa shape index (κ3) is 4.40. The van der Waals surface area contributed by atoms with E-state index in [2.05, 4.69) is 25.2 Å². The predicted octanol–water partition coefficient (Wildman–Crippen LogP) is 4.99. The number of amides is 1.